The standard InChI is InChI=1S/C44H34N10O15S3/c1-21-29(19-45)39(48-26-7-9-31(68-2)33(17-26)71(62,63)64)50-40(49-27-8-10-32(69-3)34(18-27)72(65,66)67)38(21)52-53-41-30(20-46)37(22-5-4-6-25(14-22)47-35(55)11-12-36(56)57)42(70-41)54-51-28-15-23(43(58)59)13-24(16-28)44(60)61/h4-10,13-18H,11-12H2,1-3H3,(H,47,55)(H,56,57)(H,58,59)(H,60,61)(H2,48,49,50)(H,62,63,64)(H,65,66,67). The minimum atomic E-state index is -4.89. The lowest BCUT2D eigenvalue weighted by Gasteiger charge is -2.17. The molecule has 0 spiro atoms. The molecule has 0 radical (unpaired) electrons. The number of nitrogens with one attached hydrogen (secondary N) is 3. The van der Waals surface area contributed by atoms with Crippen LogP contribution in [0.15, 0.2) is 109 Å². The number of nitrogens with zero attached hydrogens (tertiary/aromatic N) is 7. The zero-order chi connectivity index (χ0) is 52.7. The molecule has 72 heavy (non-hydrogen) atoms. The van der Waals surface area contributed by atoms with Crippen LogP contribution >= 0.6 is 11.3 Å². The van der Waals surface area contributed by atoms with E-state index in [0.29, 0.717) is 11.3 Å². The average molecular weight is 1040 g/mol. The number of azo groups is 2. The summed E-state index contributed by atoms with van der Waals surface area (Å²) in [5, 5.41) is 74.6. The molecule has 4 aromatic carbocycles. The van der Waals surface area contributed by atoms with Crippen molar-refractivity contribution in [2.75, 3.05) is 30.2 Å². The van der Waals surface area contributed by atoms with E-state index in [1.807, 2.05) is 12.1 Å². The maximum absolute atomic E-state index is 12.6. The molecule has 2 heterocycles. The van der Waals surface area contributed by atoms with Crippen LogP contribution in [0.1, 0.15) is 50.2 Å². The third-order valence-corrected chi connectivity index (χ3v) is 12.5. The highest BCUT2D eigenvalue weighted by Gasteiger charge is 2.25. The monoisotopic (exact) mass is 1040 g/mol. The van der Waals surface area contributed by atoms with E-state index in [1.54, 1.807) is 0 Å². The number of anilines is 5. The summed E-state index contributed by atoms with van der Waals surface area (Å²) in [7, 11) is -7.40. The zero-order valence-electron chi connectivity index (χ0n) is 37.1. The Labute approximate surface area is 410 Å². The molecule has 6 rings (SSSR count). The molecule has 368 valence electrons. The molecule has 0 aliphatic heterocycles. The number of thiophene rings is 1. The van der Waals surface area contributed by atoms with Gasteiger partial charge in [0.15, 0.2) is 16.6 Å². The lowest BCUT2D eigenvalue weighted by molar-refractivity contribution is -0.138. The number of carboxylic acids is 3. The van der Waals surface area contributed by atoms with Crippen LogP contribution in [0, 0.1) is 29.6 Å². The van der Waals surface area contributed by atoms with Gasteiger partial charge in [0, 0.05) is 34.6 Å². The molecule has 0 unspecified atom stereocenters. The number of methoxy groups -OCH3 is 2. The molecule has 0 saturated carbocycles. The highest BCUT2D eigenvalue weighted by atomic mass is 32.2. The van der Waals surface area contributed by atoms with E-state index in [2.05, 4.69) is 41.4 Å². The maximum Gasteiger partial charge on any atom is 0.335 e. The van der Waals surface area contributed by atoms with E-state index >= 15 is 0 Å². The first-order valence-electron chi connectivity index (χ1n) is 20.0. The molecule has 6 aromatic rings. The number of aromatic nitrogens is 1. The quantitative estimate of drug-likeness (QED) is 0.0277. The smallest absolute Gasteiger partial charge is 0.335 e. The van der Waals surface area contributed by atoms with Gasteiger partial charge in [0.05, 0.1) is 43.0 Å². The predicted molar refractivity (Wildman–Crippen MR) is 255 cm³/mol. The van der Waals surface area contributed by atoms with E-state index < -0.39 is 71.4 Å². The summed E-state index contributed by atoms with van der Waals surface area (Å²) in [4.78, 5) is 50.6. The van der Waals surface area contributed by atoms with Crippen molar-refractivity contribution in [2.24, 2.45) is 20.5 Å². The van der Waals surface area contributed by atoms with Crippen LogP contribution < -0.4 is 25.4 Å². The SMILES string of the molecule is COc1ccc(Nc2nc(Nc3ccc(OC)c(S(=O)(=O)O)c3)c(N=Nc3sc(N=Nc4cc(C(=O)O)cc(C(=O)O)c4)c(-c4cccc(NC(=O)CCC(=O)O)c4)c3C#N)c(C)c2C#N)cc1S(=O)(=O)O. The number of amides is 1. The predicted octanol–water partition coefficient (Wildman–Crippen LogP) is 8.89. The first-order chi connectivity index (χ1) is 34.0. The van der Waals surface area contributed by atoms with Gasteiger partial charge >= 0.3 is 17.9 Å². The molecule has 8 N–H and O–H groups in total. The number of hydrogen-bond donors (Lipinski definition) is 8. The summed E-state index contributed by atoms with van der Waals surface area (Å²) in [6.45, 7) is 1.41. The number of carbonyl (C=O) groups is 4. The van der Waals surface area contributed by atoms with Gasteiger partial charge in [0.25, 0.3) is 20.2 Å². The number of benzene rings is 4. The van der Waals surface area contributed by atoms with E-state index in [4.69, 9.17) is 14.6 Å². The molecule has 0 aliphatic rings. The fraction of sp³-hybridized carbons (Fsp3) is 0.114. The van der Waals surface area contributed by atoms with Gasteiger partial charge in [0.1, 0.15) is 49.7 Å². The summed E-state index contributed by atoms with van der Waals surface area (Å²) >= 11 is 0.707. The van der Waals surface area contributed by atoms with Crippen molar-refractivity contribution >= 4 is 105 Å². The normalized spacial score (nSPS) is 11.4. The third-order valence-electron chi connectivity index (χ3n) is 9.83. The molecule has 1 amide bonds. The van der Waals surface area contributed by atoms with Crippen molar-refractivity contribution in [3.8, 4) is 34.8 Å². The van der Waals surface area contributed by atoms with Crippen molar-refractivity contribution in [3.05, 3.63) is 107 Å². The van der Waals surface area contributed by atoms with Gasteiger partial charge in [-0.25, -0.2) is 14.6 Å². The fourth-order valence-electron chi connectivity index (χ4n) is 6.55. The van der Waals surface area contributed by atoms with E-state index in [-0.39, 0.29) is 95.8 Å². The van der Waals surface area contributed by atoms with Gasteiger partial charge in [-0.15, -0.1) is 20.5 Å². The van der Waals surface area contributed by atoms with Crippen LogP contribution in [0.2, 0.25) is 0 Å². The highest BCUT2D eigenvalue weighted by Crippen LogP contribution is 2.49. The molecular formula is C44H34N10O15S3. The maximum atomic E-state index is 12.6. The molecule has 25 nitrogen and oxygen atoms in total. The first kappa shape index (κ1) is 52.2. The Kier molecular flexibility index (Phi) is 15.7. The number of nitriles is 2. The van der Waals surface area contributed by atoms with Crippen molar-refractivity contribution in [1.82, 2.24) is 4.98 Å². The number of pyridine rings is 1. The first-order valence-corrected chi connectivity index (χ1v) is 23.7. The van der Waals surface area contributed by atoms with E-state index in [1.165, 1.54) is 62.6 Å². The Hall–Kier alpha value is -9.19. The van der Waals surface area contributed by atoms with Gasteiger partial charge in [-0.05, 0) is 79.2 Å². The number of aliphatic carboxylic acids is 1. The second-order valence-electron chi connectivity index (χ2n) is 14.6. The topological polar surface area (TPSA) is 402 Å². The van der Waals surface area contributed by atoms with Gasteiger partial charge in [0.2, 0.25) is 5.91 Å². The number of carbonyl (C=O) groups excluding carboxylic acids is 1. The van der Waals surface area contributed by atoms with Crippen LogP contribution in [-0.4, -0.2) is 84.3 Å². The summed E-state index contributed by atoms with van der Waals surface area (Å²) < 4.78 is 79.2. The average Bonchev–Trinajstić information content (AvgIpc) is 3.69. The van der Waals surface area contributed by atoms with Crippen molar-refractivity contribution < 1.29 is 69.9 Å². The summed E-state index contributed by atoms with van der Waals surface area (Å²) in [5.74, 6) is -5.75. The number of rotatable bonds is 19. The van der Waals surface area contributed by atoms with Crippen LogP contribution in [-0.2, 0) is 29.8 Å². The largest absolute Gasteiger partial charge is 0.495 e. The molecule has 28 heteroatoms. The molecule has 0 saturated heterocycles. The van der Waals surface area contributed by atoms with Gasteiger partial charge in [-0.3, -0.25) is 18.7 Å². The number of hydrogen-bond acceptors (Lipinski definition) is 20. The Morgan fingerprint density at radius 1 is 0.681 bits per heavy atom. The van der Waals surface area contributed by atoms with Crippen LogP contribution in [0.5, 0.6) is 11.5 Å². The van der Waals surface area contributed by atoms with E-state index in [9.17, 15) is 65.9 Å². The molecule has 2 aromatic heterocycles. The van der Waals surface area contributed by atoms with Crippen molar-refractivity contribution in [3.63, 3.8) is 0 Å². The lowest BCUT2D eigenvalue weighted by Crippen LogP contribution is -2.13. The third kappa shape index (κ3) is 12.1. The second-order valence-corrected chi connectivity index (χ2v) is 18.3. The molecule has 0 fully saturated rings. The number of carboxylic acid groups (broad SMARTS) is 3. The molecule has 0 atom stereocenters. The molecule has 0 bridgehead atoms. The van der Waals surface area contributed by atoms with Crippen LogP contribution in [0.4, 0.5) is 50.1 Å². The van der Waals surface area contributed by atoms with Gasteiger partial charge in [-0.1, -0.05) is 23.5 Å². The molecular weight excluding hydrogens is 1000 g/mol. The molecule has 0 aliphatic carbocycles. The fourth-order valence-corrected chi connectivity index (χ4v) is 8.83. The highest BCUT2D eigenvalue weighted by molar-refractivity contribution is 7.86. The summed E-state index contributed by atoms with van der Waals surface area (Å²) in [6.07, 6.45) is -0.834. The van der Waals surface area contributed by atoms with Crippen LogP contribution in [0.25, 0.3) is 11.1 Å². The lowest BCUT2D eigenvalue weighted by atomic mass is 10.0. The van der Waals surface area contributed by atoms with E-state index in [0.717, 1.165) is 37.4 Å². The van der Waals surface area contributed by atoms with Crippen molar-refractivity contribution in [2.45, 2.75) is 29.6 Å². The zero-order valence-corrected chi connectivity index (χ0v) is 39.5. The summed E-state index contributed by atoms with van der Waals surface area (Å²) in [5.41, 5.74) is -1.35. The minimum absolute atomic E-state index is 0.0190. The second kappa shape index (κ2) is 21.6. The Morgan fingerprint density at radius 3 is 1.75 bits per heavy atom. The van der Waals surface area contributed by atoms with Crippen LogP contribution in [0.3, 0.4) is 0 Å². The van der Waals surface area contributed by atoms with Gasteiger partial charge in [-0.2, -0.15) is 27.4 Å². The number of ether oxygens (including phenoxy) is 2. The minimum Gasteiger partial charge on any atom is -0.495 e. The van der Waals surface area contributed by atoms with Crippen molar-refractivity contribution in [1.29, 1.82) is 10.5 Å². The summed E-state index contributed by atoms with van der Waals surface area (Å²) in [6, 6.07) is 20.0. The Bertz CT molecular complexity index is 3570. The number of aromatic carboxylic acids is 2. The Balaban J connectivity index is 1.56. The Morgan fingerprint density at radius 2 is 1.24 bits per heavy atom. The van der Waals surface area contributed by atoms with Gasteiger partial charge < -0.3 is 40.7 Å².